The van der Waals surface area contributed by atoms with Crippen LogP contribution < -0.4 is 5.73 Å². The predicted octanol–water partition coefficient (Wildman–Crippen LogP) is 1.44. The van der Waals surface area contributed by atoms with Gasteiger partial charge in [-0.05, 0) is 19.1 Å². The van der Waals surface area contributed by atoms with Crippen LogP contribution in [0.4, 0.5) is 0 Å². The van der Waals surface area contributed by atoms with E-state index in [0.717, 1.165) is 23.4 Å². The summed E-state index contributed by atoms with van der Waals surface area (Å²) in [5.41, 5.74) is 8.32. The summed E-state index contributed by atoms with van der Waals surface area (Å²) in [5.74, 6) is 0.149. The maximum atomic E-state index is 7.39. The molecular formula is C12H15N5. The van der Waals surface area contributed by atoms with Crippen LogP contribution in [0.1, 0.15) is 12.5 Å². The monoisotopic (exact) mass is 229 g/mol. The van der Waals surface area contributed by atoms with Gasteiger partial charge in [-0.3, -0.25) is 15.1 Å². The zero-order valence-corrected chi connectivity index (χ0v) is 9.72. The zero-order valence-electron chi connectivity index (χ0n) is 9.72. The summed E-state index contributed by atoms with van der Waals surface area (Å²) >= 11 is 0. The average Bonchev–Trinajstić information content (AvgIpc) is 2.72. The van der Waals surface area contributed by atoms with Gasteiger partial charge in [0, 0.05) is 42.7 Å². The quantitative estimate of drug-likeness (QED) is 0.615. The molecule has 2 aromatic heterocycles. The van der Waals surface area contributed by atoms with E-state index in [9.17, 15) is 0 Å². The van der Waals surface area contributed by atoms with Crippen molar-refractivity contribution in [2.24, 2.45) is 5.73 Å². The minimum Gasteiger partial charge on any atom is -0.387 e. The summed E-state index contributed by atoms with van der Waals surface area (Å²) in [6.07, 6.45) is 5.84. The third-order valence-electron chi connectivity index (χ3n) is 2.50. The van der Waals surface area contributed by atoms with Gasteiger partial charge in [0.15, 0.2) is 0 Å². The number of hydrogen-bond donors (Lipinski definition) is 2. The molecule has 0 amide bonds. The number of nitrogens with two attached hydrogens (primary N) is 1. The SMILES string of the molecule is CCn1cc(CC(=N)N)c(-c2ccncc2)n1. The van der Waals surface area contributed by atoms with Gasteiger partial charge in [0.1, 0.15) is 0 Å². The van der Waals surface area contributed by atoms with Crippen LogP contribution >= 0.6 is 0 Å². The van der Waals surface area contributed by atoms with Crippen LogP contribution in [0.25, 0.3) is 11.3 Å². The van der Waals surface area contributed by atoms with Gasteiger partial charge < -0.3 is 5.73 Å². The van der Waals surface area contributed by atoms with Crippen LogP contribution in [0.5, 0.6) is 0 Å². The molecule has 2 heterocycles. The van der Waals surface area contributed by atoms with Crippen molar-refractivity contribution in [3.8, 4) is 11.3 Å². The Bertz CT molecular complexity index is 515. The second kappa shape index (κ2) is 4.78. The lowest BCUT2D eigenvalue weighted by molar-refractivity contribution is 0.661. The Balaban J connectivity index is 2.44. The van der Waals surface area contributed by atoms with Gasteiger partial charge in [-0.1, -0.05) is 0 Å². The molecule has 5 nitrogen and oxygen atoms in total. The van der Waals surface area contributed by atoms with E-state index in [2.05, 4.69) is 10.1 Å². The Morgan fingerprint density at radius 1 is 1.41 bits per heavy atom. The summed E-state index contributed by atoms with van der Waals surface area (Å²) in [4.78, 5) is 3.99. The van der Waals surface area contributed by atoms with E-state index in [1.54, 1.807) is 12.4 Å². The van der Waals surface area contributed by atoms with E-state index < -0.39 is 0 Å². The first-order valence-electron chi connectivity index (χ1n) is 5.50. The molecule has 17 heavy (non-hydrogen) atoms. The summed E-state index contributed by atoms with van der Waals surface area (Å²) in [5, 5.41) is 11.9. The second-order valence-electron chi connectivity index (χ2n) is 3.80. The van der Waals surface area contributed by atoms with Crippen molar-refractivity contribution < 1.29 is 0 Å². The van der Waals surface area contributed by atoms with Gasteiger partial charge >= 0.3 is 0 Å². The lowest BCUT2D eigenvalue weighted by Crippen LogP contribution is -2.12. The molecule has 0 fully saturated rings. The largest absolute Gasteiger partial charge is 0.387 e. The molecular weight excluding hydrogens is 214 g/mol. The minimum absolute atomic E-state index is 0.149. The number of hydrogen-bond acceptors (Lipinski definition) is 3. The fourth-order valence-corrected chi connectivity index (χ4v) is 1.71. The topological polar surface area (TPSA) is 80.6 Å². The maximum absolute atomic E-state index is 7.39. The molecule has 0 aliphatic rings. The summed E-state index contributed by atoms with van der Waals surface area (Å²) < 4.78 is 1.86. The van der Waals surface area contributed by atoms with Crippen molar-refractivity contribution in [2.75, 3.05) is 0 Å². The number of amidine groups is 1. The van der Waals surface area contributed by atoms with Crippen molar-refractivity contribution in [2.45, 2.75) is 19.9 Å². The van der Waals surface area contributed by atoms with E-state index in [4.69, 9.17) is 11.1 Å². The molecule has 2 rings (SSSR count). The van der Waals surface area contributed by atoms with Crippen LogP contribution in [-0.4, -0.2) is 20.6 Å². The predicted molar refractivity (Wildman–Crippen MR) is 66.8 cm³/mol. The molecule has 0 aliphatic heterocycles. The smallest absolute Gasteiger partial charge is 0.0960 e. The van der Waals surface area contributed by atoms with Crippen molar-refractivity contribution in [3.63, 3.8) is 0 Å². The van der Waals surface area contributed by atoms with Gasteiger partial charge in [-0.25, -0.2) is 0 Å². The Kier molecular flexibility index (Phi) is 3.18. The highest BCUT2D eigenvalue weighted by molar-refractivity contribution is 5.81. The summed E-state index contributed by atoms with van der Waals surface area (Å²) in [7, 11) is 0. The number of pyridine rings is 1. The lowest BCUT2D eigenvalue weighted by atomic mass is 10.1. The normalized spacial score (nSPS) is 10.4. The summed E-state index contributed by atoms with van der Waals surface area (Å²) in [6, 6.07) is 3.82. The molecule has 0 atom stereocenters. The molecule has 88 valence electrons. The molecule has 0 unspecified atom stereocenters. The van der Waals surface area contributed by atoms with Crippen LogP contribution in [0.3, 0.4) is 0 Å². The van der Waals surface area contributed by atoms with Gasteiger partial charge in [0.25, 0.3) is 0 Å². The molecule has 0 spiro atoms. The molecule has 0 aliphatic carbocycles. The molecule has 5 heteroatoms. The maximum Gasteiger partial charge on any atom is 0.0960 e. The standard InChI is InChI=1S/C12H15N5/c1-2-17-8-10(7-11(13)14)12(16-17)9-3-5-15-6-4-9/h3-6,8H,2,7H2,1H3,(H3,13,14). The third kappa shape index (κ3) is 2.50. The Morgan fingerprint density at radius 2 is 2.12 bits per heavy atom. The van der Waals surface area contributed by atoms with E-state index in [1.165, 1.54) is 0 Å². The number of rotatable bonds is 4. The van der Waals surface area contributed by atoms with Crippen LogP contribution in [-0.2, 0) is 13.0 Å². The molecule has 0 radical (unpaired) electrons. The van der Waals surface area contributed by atoms with Crippen LogP contribution in [0.2, 0.25) is 0 Å². The fraction of sp³-hybridized carbons (Fsp3) is 0.250. The number of nitrogens with zero attached hydrogens (tertiary/aromatic N) is 3. The highest BCUT2D eigenvalue weighted by Crippen LogP contribution is 2.21. The van der Waals surface area contributed by atoms with Crippen molar-refractivity contribution in [1.82, 2.24) is 14.8 Å². The molecule has 0 aromatic carbocycles. The molecule has 2 aromatic rings. The molecule has 3 N–H and O–H groups in total. The first kappa shape index (κ1) is 11.3. The van der Waals surface area contributed by atoms with E-state index in [-0.39, 0.29) is 5.84 Å². The van der Waals surface area contributed by atoms with Gasteiger partial charge in [0.05, 0.1) is 11.5 Å². The molecule has 0 saturated carbocycles. The van der Waals surface area contributed by atoms with Crippen molar-refractivity contribution in [1.29, 1.82) is 5.41 Å². The van der Waals surface area contributed by atoms with E-state index in [1.807, 2.05) is 29.9 Å². The Hall–Kier alpha value is -2.17. The van der Waals surface area contributed by atoms with Gasteiger partial charge in [-0.15, -0.1) is 0 Å². The Labute approximate surface area is 99.8 Å². The van der Waals surface area contributed by atoms with Gasteiger partial charge in [0.2, 0.25) is 0 Å². The van der Waals surface area contributed by atoms with Crippen LogP contribution in [0, 0.1) is 5.41 Å². The van der Waals surface area contributed by atoms with E-state index >= 15 is 0 Å². The fourth-order valence-electron chi connectivity index (χ4n) is 1.71. The number of nitrogens with one attached hydrogen (secondary N) is 1. The van der Waals surface area contributed by atoms with Crippen molar-refractivity contribution in [3.05, 3.63) is 36.3 Å². The third-order valence-corrected chi connectivity index (χ3v) is 2.50. The first-order chi connectivity index (χ1) is 8.20. The lowest BCUT2D eigenvalue weighted by Gasteiger charge is -2.00. The average molecular weight is 229 g/mol. The highest BCUT2D eigenvalue weighted by Gasteiger charge is 2.11. The summed E-state index contributed by atoms with van der Waals surface area (Å²) in [6.45, 7) is 2.83. The zero-order chi connectivity index (χ0) is 12.3. The van der Waals surface area contributed by atoms with Crippen molar-refractivity contribution >= 4 is 5.84 Å². The van der Waals surface area contributed by atoms with Gasteiger partial charge in [-0.2, -0.15) is 5.10 Å². The minimum atomic E-state index is 0.149. The second-order valence-corrected chi connectivity index (χ2v) is 3.80. The molecule has 0 saturated heterocycles. The first-order valence-corrected chi connectivity index (χ1v) is 5.50. The Morgan fingerprint density at radius 3 is 2.71 bits per heavy atom. The number of aromatic nitrogens is 3. The number of aryl methyl sites for hydroxylation is 1. The highest BCUT2D eigenvalue weighted by atomic mass is 15.3. The molecule has 0 bridgehead atoms. The van der Waals surface area contributed by atoms with E-state index in [0.29, 0.717) is 6.42 Å². The van der Waals surface area contributed by atoms with Crippen LogP contribution in [0.15, 0.2) is 30.7 Å².